The number of aromatic nitrogens is 1. The lowest BCUT2D eigenvalue weighted by molar-refractivity contribution is -0.385. The van der Waals surface area contributed by atoms with Gasteiger partial charge in [-0.2, -0.15) is 5.26 Å². The van der Waals surface area contributed by atoms with Crippen LogP contribution in [-0.4, -0.2) is 26.2 Å². The molecule has 0 fully saturated rings. The number of ether oxygens (including phenoxy) is 1. The molecule has 0 radical (unpaired) electrons. The van der Waals surface area contributed by atoms with E-state index in [0.717, 1.165) is 12.4 Å². The van der Waals surface area contributed by atoms with Crippen LogP contribution in [0, 0.1) is 21.4 Å². The van der Waals surface area contributed by atoms with Gasteiger partial charge in [0.15, 0.2) is 0 Å². The Balaban J connectivity index is 1.78. The molecule has 1 aromatic carbocycles. The minimum absolute atomic E-state index is 0.155. The Labute approximate surface area is 181 Å². The smallest absolute Gasteiger partial charge is 0.287 e. The number of carbonyl (C=O) groups excluding carboxylic acids is 1. The van der Waals surface area contributed by atoms with Crippen molar-refractivity contribution in [3.63, 3.8) is 0 Å². The molecule has 2 heterocycles. The number of allylic oxidation sites excluding steroid dienone is 1. The molecule has 156 valence electrons. The Morgan fingerprint density at radius 2 is 2.03 bits per heavy atom. The van der Waals surface area contributed by atoms with Crippen molar-refractivity contribution in [1.82, 2.24) is 4.98 Å². The van der Waals surface area contributed by atoms with Crippen molar-refractivity contribution in [2.24, 2.45) is 4.36 Å². The lowest BCUT2D eigenvalue weighted by atomic mass is 10.2. The van der Waals surface area contributed by atoms with Crippen LogP contribution in [-0.2, 0) is 9.73 Å². The molecule has 31 heavy (non-hydrogen) atoms. The predicted octanol–water partition coefficient (Wildman–Crippen LogP) is 4.59. The number of benzene rings is 1. The molecule has 0 saturated carbocycles. The summed E-state index contributed by atoms with van der Waals surface area (Å²) in [6.07, 6.45) is 3.51. The quantitative estimate of drug-likeness (QED) is 0.167. The zero-order chi connectivity index (χ0) is 22.4. The van der Waals surface area contributed by atoms with E-state index in [2.05, 4.69) is 9.35 Å². The Bertz CT molecular complexity index is 1300. The first-order chi connectivity index (χ1) is 14.8. The van der Waals surface area contributed by atoms with Crippen molar-refractivity contribution >= 4 is 32.5 Å². The van der Waals surface area contributed by atoms with E-state index in [1.54, 1.807) is 35.7 Å². The highest BCUT2D eigenvalue weighted by Gasteiger charge is 2.14. The van der Waals surface area contributed by atoms with Gasteiger partial charge in [0.05, 0.1) is 25.7 Å². The second kappa shape index (κ2) is 9.29. The van der Waals surface area contributed by atoms with Crippen LogP contribution in [0.15, 0.2) is 81.1 Å². The monoisotopic (exact) mass is 454 g/mol. The zero-order valence-electron chi connectivity index (χ0n) is 16.0. The highest BCUT2D eigenvalue weighted by atomic mass is 32.2. The van der Waals surface area contributed by atoms with Gasteiger partial charge in [-0.15, -0.1) is 11.3 Å². The van der Waals surface area contributed by atoms with Crippen LogP contribution in [0.1, 0.15) is 9.67 Å². The molecule has 11 heteroatoms. The molecule has 3 aromatic rings. The lowest BCUT2D eigenvalue weighted by Crippen LogP contribution is -2.01. The largest absolute Gasteiger partial charge is 0.439 e. The highest BCUT2D eigenvalue weighted by molar-refractivity contribution is 7.93. The van der Waals surface area contributed by atoms with Crippen LogP contribution in [0.4, 0.5) is 5.69 Å². The van der Waals surface area contributed by atoms with Gasteiger partial charge < -0.3 is 4.74 Å². The Kier molecular flexibility index (Phi) is 6.54. The first-order valence-electron chi connectivity index (χ1n) is 8.58. The maximum atomic E-state index is 12.9. The number of ketones is 1. The molecule has 1 unspecified atom stereocenters. The maximum absolute atomic E-state index is 12.9. The minimum atomic E-state index is -2.92. The number of rotatable bonds is 7. The van der Waals surface area contributed by atoms with Crippen LogP contribution in [0.25, 0.3) is 0 Å². The van der Waals surface area contributed by atoms with Crippen molar-refractivity contribution in [2.45, 2.75) is 4.90 Å². The molecule has 0 saturated heterocycles. The van der Waals surface area contributed by atoms with E-state index in [9.17, 15) is 24.4 Å². The van der Waals surface area contributed by atoms with E-state index in [1.807, 2.05) is 0 Å². The average Bonchev–Trinajstić information content (AvgIpc) is 3.30. The summed E-state index contributed by atoms with van der Waals surface area (Å²) in [4.78, 5) is 27.0. The summed E-state index contributed by atoms with van der Waals surface area (Å²) in [6.45, 7) is 0. The summed E-state index contributed by atoms with van der Waals surface area (Å²) in [6, 6.07) is 13.9. The molecule has 0 aliphatic heterocycles. The topological polar surface area (TPSA) is 136 Å². The van der Waals surface area contributed by atoms with Gasteiger partial charge in [-0.25, -0.2) is 13.6 Å². The first kappa shape index (κ1) is 21.8. The molecule has 2 aromatic heterocycles. The second-order valence-corrected chi connectivity index (χ2v) is 9.29. The van der Waals surface area contributed by atoms with Gasteiger partial charge in [-0.1, -0.05) is 6.07 Å². The molecular weight excluding hydrogens is 440 g/mol. The number of hydrogen-bond acceptors (Lipinski definition) is 9. The van der Waals surface area contributed by atoms with Crippen LogP contribution in [0.5, 0.6) is 11.6 Å². The van der Waals surface area contributed by atoms with Crippen molar-refractivity contribution in [2.75, 3.05) is 6.26 Å². The summed E-state index contributed by atoms with van der Waals surface area (Å²) in [5.74, 6) is 0.0613. The fourth-order valence-electron chi connectivity index (χ4n) is 2.31. The lowest BCUT2D eigenvalue weighted by Gasteiger charge is -2.07. The third-order valence-corrected chi connectivity index (χ3v) is 6.43. The number of nitriles is 1. The van der Waals surface area contributed by atoms with Gasteiger partial charge in [-0.3, -0.25) is 14.9 Å². The zero-order valence-corrected chi connectivity index (χ0v) is 17.6. The normalized spacial score (nSPS) is 13.0. The van der Waals surface area contributed by atoms with Gasteiger partial charge in [0, 0.05) is 23.3 Å². The number of pyridine rings is 1. The number of Topliss-reactive ketones (excluding diaryl/α,β-unsaturated/α-hetero) is 1. The Morgan fingerprint density at radius 3 is 2.58 bits per heavy atom. The molecule has 0 aliphatic carbocycles. The molecule has 0 aliphatic rings. The van der Waals surface area contributed by atoms with Crippen LogP contribution in [0.2, 0.25) is 0 Å². The van der Waals surface area contributed by atoms with Crippen molar-refractivity contribution < 1.29 is 18.7 Å². The Hall–Kier alpha value is -3.88. The molecule has 0 N–H and O–H groups in total. The van der Waals surface area contributed by atoms with Gasteiger partial charge >= 0.3 is 0 Å². The van der Waals surface area contributed by atoms with Gasteiger partial charge in [0.25, 0.3) is 5.69 Å². The molecule has 3 rings (SSSR count). The van der Waals surface area contributed by atoms with E-state index in [-0.39, 0.29) is 17.1 Å². The SMILES string of the molecule is CS(=O)(=N/C=C(/C#N)C(=O)c1cccs1)c1ccc(Oc2ccc([N+](=O)[O-])cn2)cc1. The fourth-order valence-corrected chi connectivity index (χ4v) is 4.06. The van der Waals surface area contributed by atoms with E-state index in [1.165, 1.54) is 41.9 Å². The molecule has 0 amide bonds. The third kappa shape index (κ3) is 5.39. The number of hydrogen-bond donors (Lipinski definition) is 0. The van der Waals surface area contributed by atoms with E-state index in [4.69, 9.17) is 4.74 Å². The third-order valence-electron chi connectivity index (χ3n) is 3.91. The summed E-state index contributed by atoms with van der Waals surface area (Å²) < 4.78 is 22.4. The van der Waals surface area contributed by atoms with Crippen molar-refractivity contribution in [3.05, 3.63) is 86.9 Å². The summed E-state index contributed by atoms with van der Waals surface area (Å²) in [7, 11) is -2.92. The summed E-state index contributed by atoms with van der Waals surface area (Å²) in [5, 5.41) is 21.6. The van der Waals surface area contributed by atoms with E-state index in [0.29, 0.717) is 15.5 Å². The summed E-state index contributed by atoms with van der Waals surface area (Å²) in [5.41, 5.74) is -0.362. The molecule has 0 spiro atoms. The maximum Gasteiger partial charge on any atom is 0.287 e. The Morgan fingerprint density at radius 1 is 1.29 bits per heavy atom. The van der Waals surface area contributed by atoms with Crippen molar-refractivity contribution in [3.8, 4) is 17.7 Å². The fraction of sp³-hybridized carbons (Fsp3) is 0.0500. The van der Waals surface area contributed by atoms with E-state index >= 15 is 0 Å². The van der Waals surface area contributed by atoms with Gasteiger partial charge in [0.2, 0.25) is 11.7 Å². The van der Waals surface area contributed by atoms with E-state index < -0.39 is 20.4 Å². The molecule has 9 nitrogen and oxygen atoms in total. The molecule has 1 atom stereocenters. The number of carbonyl (C=O) groups is 1. The summed E-state index contributed by atoms with van der Waals surface area (Å²) >= 11 is 1.20. The average molecular weight is 454 g/mol. The van der Waals surface area contributed by atoms with Gasteiger partial charge in [-0.05, 0) is 35.7 Å². The van der Waals surface area contributed by atoms with Crippen LogP contribution in [0.3, 0.4) is 0 Å². The second-order valence-electron chi connectivity index (χ2n) is 6.05. The van der Waals surface area contributed by atoms with Crippen LogP contribution < -0.4 is 4.74 Å². The highest BCUT2D eigenvalue weighted by Crippen LogP contribution is 2.23. The predicted molar refractivity (Wildman–Crippen MR) is 115 cm³/mol. The number of nitrogens with zero attached hydrogens (tertiary/aromatic N) is 4. The van der Waals surface area contributed by atoms with Crippen molar-refractivity contribution in [1.29, 1.82) is 5.26 Å². The standard InChI is InChI=1S/C20H14N4O5S2/c1-31(28,23-12-14(11-21)20(25)18-3-2-10-30-18)17-7-5-16(6-8-17)29-19-9-4-15(13-22-19)24(26)27/h2-10,12-13H,1H3/b14-12-. The minimum Gasteiger partial charge on any atom is -0.439 e. The number of thiophene rings is 1. The van der Waals surface area contributed by atoms with Gasteiger partial charge in [0.1, 0.15) is 23.6 Å². The molecule has 0 bridgehead atoms. The molecular formula is C20H14N4O5S2. The van der Waals surface area contributed by atoms with Crippen LogP contribution >= 0.6 is 11.3 Å². The number of nitro groups is 1. The first-order valence-corrected chi connectivity index (χ1v) is 11.4.